The van der Waals surface area contributed by atoms with Gasteiger partial charge in [-0.25, -0.2) is 19.4 Å². The first kappa shape index (κ1) is 29.9. The Balaban J connectivity index is 1.10. The minimum absolute atomic E-state index is 0.373. The number of urea groups is 1. The predicted molar refractivity (Wildman–Crippen MR) is 189 cm³/mol. The molecule has 0 bridgehead atoms. The summed E-state index contributed by atoms with van der Waals surface area (Å²) in [4.78, 5) is 26.6. The maximum Gasteiger partial charge on any atom is 0.324 e. The fourth-order valence-electron chi connectivity index (χ4n) is 5.26. The molecule has 0 unspecified atom stereocenters. The second-order valence-corrected chi connectivity index (χ2v) is 12.0. The Kier molecular flexibility index (Phi) is 8.44. The second-order valence-electron chi connectivity index (χ2n) is 11.1. The topological polar surface area (TPSA) is 119 Å². The number of thiazole rings is 1. The highest BCUT2D eigenvalue weighted by Crippen LogP contribution is 2.34. The van der Waals surface area contributed by atoms with Gasteiger partial charge in [-0.1, -0.05) is 55.3 Å². The zero-order valence-electron chi connectivity index (χ0n) is 25.9. The molecule has 10 nitrogen and oxygen atoms in total. The number of hydrogen-bond donors (Lipinski definition) is 3. The lowest BCUT2D eigenvalue weighted by atomic mass is 10.1. The van der Waals surface area contributed by atoms with Crippen LogP contribution in [0.25, 0.3) is 26.7 Å². The van der Waals surface area contributed by atoms with E-state index in [-0.39, 0.29) is 6.03 Å². The van der Waals surface area contributed by atoms with Crippen molar-refractivity contribution in [2.24, 2.45) is 0 Å². The van der Waals surface area contributed by atoms with Crippen molar-refractivity contribution < 1.29 is 9.53 Å². The maximum absolute atomic E-state index is 13.4. The third kappa shape index (κ3) is 6.75. The number of unbranched alkanes of at least 4 members (excludes halogenated alkanes) is 1. The summed E-state index contributed by atoms with van der Waals surface area (Å²) in [6.45, 7) is 4.19. The summed E-state index contributed by atoms with van der Waals surface area (Å²) >= 11 is 1.58. The lowest BCUT2D eigenvalue weighted by Crippen LogP contribution is -2.21. The van der Waals surface area contributed by atoms with Crippen molar-refractivity contribution in [3.8, 4) is 17.3 Å². The number of carbonyl (C=O) groups excluding carboxylic acids is 1. The van der Waals surface area contributed by atoms with E-state index in [4.69, 9.17) is 9.84 Å². The molecule has 7 rings (SSSR count). The van der Waals surface area contributed by atoms with Crippen molar-refractivity contribution in [2.75, 3.05) is 16.0 Å². The third-order valence-electron chi connectivity index (χ3n) is 7.63. The van der Waals surface area contributed by atoms with Gasteiger partial charge in [-0.15, -0.1) is 11.3 Å². The van der Waals surface area contributed by atoms with Crippen LogP contribution in [0.15, 0.2) is 103 Å². The van der Waals surface area contributed by atoms with E-state index in [0.717, 1.165) is 62.9 Å². The van der Waals surface area contributed by atoms with Crippen molar-refractivity contribution >= 4 is 61.5 Å². The molecule has 11 heteroatoms. The molecule has 3 heterocycles. The molecule has 4 aromatic carbocycles. The van der Waals surface area contributed by atoms with Crippen LogP contribution in [0.4, 0.5) is 27.9 Å². The summed E-state index contributed by atoms with van der Waals surface area (Å²) in [5.41, 5.74) is 7.23. The van der Waals surface area contributed by atoms with Gasteiger partial charge in [0.25, 0.3) is 0 Å². The summed E-state index contributed by atoms with van der Waals surface area (Å²) in [7, 11) is 0. The summed E-state index contributed by atoms with van der Waals surface area (Å²) in [6.07, 6.45) is 4.57. The molecule has 2 amide bonds. The van der Waals surface area contributed by atoms with E-state index in [2.05, 4.69) is 37.8 Å². The number of fused-ring (bicyclic) bond motifs is 2. The van der Waals surface area contributed by atoms with Gasteiger partial charge >= 0.3 is 6.03 Å². The van der Waals surface area contributed by atoms with Crippen LogP contribution in [-0.2, 0) is 6.42 Å². The molecule has 0 aliphatic heterocycles. The molecule has 7 aromatic rings. The number of rotatable bonds is 10. The van der Waals surface area contributed by atoms with Crippen LogP contribution in [0.5, 0.6) is 11.6 Å². The minimum atomic E-state index is -0.373. The maximum atomic E-state index is 13.4. The van der Waals surface area contributed by atoms with Crippen molar-refractivity contribution in [1.82, 2.24) is 24.7 Å². The van der Waals surface area contributed by atoms with Gasteiger partial charge in [0.15, 0.2) is 0 Å². The molecule has 0 atom stereocenters. The van der Waals surface area contributed by atoms with E-state index in [1.54, 1.807) is 28.3 Å². The van der Waals surface area contributed by atoms with Crippen LogP contribution in [0.3, 0.4) is 0 Å². The number of benzene rings is 4. The second kappa shape index (κ2) is 13.3. The molecular formula is C36H32N8O2S. The molecule has 47 heavy (non-hydrogen) atoms. The molecule has 234 valence electrons. The van der Waals surface area contributed by atoms with Crippen LogP contribution in [-0.4, -0.2) is 30.8 Å². The molecule has 0 saturated carbocycles. The van der Waals surface area contributed by atoms with Gasteiger partial charge in [-0.05, 0) is 62.2 Å². The smallest absolute Gasteiger partial charge is 0.324 e. The average Bonchev–Trinajstić information content (AvgIpc) is 3.72. The highest BCUT2D eigenvalue weighted by atomic mass is 32.1. The van der Waals surface area contributed by atoms with Crippen molar-refractivity contribution in [2.45, 2.75) is 33.1 Å². The zero-order chi connectivity index (χ0) is 32.2. The first-order chi connectivity index (χ1) is 23.0. The number of hydrogen-bond acceptors (Lipinski definition) is 8. The third-order valence-corrected chi connectivity index (χ3v) is 8.42. The van der Waals surface area contributed by atoms with Crippen molar-refractivity contribution in [3.05, 3.63) is 114 Å². The number of anilines is 4. The summed E-state index contributed by atoms with van der Waals surface area (Å²) in [5.74, 6) is 1.99. The summed E-state index contributed by atoms with van der Waals surface area (Å²) in [5, 5.41) is 15.7. The molecule has 0 radical (unpaired) electrons. The number of ether oxygens (including phenoxy) is 1. The van der Waals surface area contributed by atoms with Crippen molar-refractivity contribution in [3.63, 3.8) is 0 Å². The SMILES string of the molecule is CCCCc1cc(NC(=O)Nc2ccc(Oc3ccnc(Nc4ccc5ncsc5c4)n3)c3ccccc23)n(-c2ccc(C)cc2)n1. The molecule has 3 aromatic heterocycles. The number of aryl methyl sites for hydroxylation is 2. The van der Waals surface area contributed by atoms with Gasteiger partial charge in [0.1, 0.15) is 11.6 Å². The lowest BCUT2D eigenvalue weighted by Gasteiger charge is -2.14. The highest BCUT2D eigenvalue weighted by molar-refractivity contribution is 7.16. The fourth-order valence-corrected chi connectivity index (χ4v) is 5.97. The van der Waals surface area contributed by atoms with Gasteiger partial charge in [-0.3, -0.25) is 5.32 Å². The van der Waals surface area contributed by atoms with Crippen LogP contribution in [0.2, 0.25) is 0 Å². The van der Waals surface area contributed by atoms with E-state index in [1.807, 2.05) is 97.4 Å². The molecule has 0 fully saturated rings. The Morgan fingerprint density at radius 3 is 2.62 bits per heavy atom. The summed E-state index contributed by atoms with van der Waals surface area (Å²) in [6, 6.07) is 28.6. The van der Waals surface area contributed by atoms with E-state index in [9.17, 15) is 4.79 Å². The van der Waals surface area contributed by atoms with Gasteiger partial charge in [0, 0.05) is 34.8 Å². The average molecular weight is 641 g/mol. The molecule has 0 saturated heterocycles. The van der Waals surface area contributed by atoms with Crippen LogP contribution in [0.1, 0.15) is 31.0 Å². The zero-order valence-corrected chi connectivity index (χ0v) is 26.7. The molecule has 0 spiro atoms. The number of aromatic nitrogens is 5. The Labute approximate surface area is 275 Å². The van der Waals surface area contributed by atoms with Crippen molar-refractivity contribution in [1.29, 1.82) is 0 Å². The summed E-state index contributed by atoms with van der Waals surface area (Å²) < 4.78 is 9.11. The Morgan fingerprint density at radius 2 is 1.77 bits per heavy atom. The number of nitrogens with zero attached hydrogens (tertiary/aromatic N) is 5. The van der Waals surface area contributed by atoms with Crippen LogP contribution in [0, 0.1) is 6.92 Å². The van der Waals surface area contributed by atoms with Crippen LogP contribution >= 0.6 is 11.3 Å². The number of carbonyl (C=O) groups is 1. The number of amides is 2. The van der Waals surface area contributed by atoms with E-state index < -0.39 is 0 Å². The standard InChI is InChI=1S/C36H32N8O2S/c1-3-4-7-25-21-33(44(43-25)26-13-10-23(2)11-14-26)41-36(45)40-29-16-17-31(28-9-6-5-8-27(28)29)46-34-18-19-37-35(42-34)39-24-12-15-30-32(20-24)47-22-38-30/h5-6,8-22H,3-4,7H2,1-2H3,(H,37,39,42)(H2,40,41,45). The Bertz CT molecular complexity index is 2190. The first-order valence-electron chi connectivity index (χ1n) is 15.4. The van der Waals surface area contributed by atoms with Gasteiger partial charge < -0.3 is 15.4 Å². The van der Waals surface area contributed by atoms with E-state index >= 15 is 0 Å². The Hall–Kier alpha value is -5.81. The molecule has 3 N–H and O–H groups in total. The largest absolute Gasteiger partial charge is 0.438 e. The highest BCUT2D eigenvalue weighted by Gasteiger charge is 2.15. The lowest BCUT2D eigenvalue weighted by molar-refractivity contribution is 0.262. The van der Waals surface area contributed by atoms with Crippen LogP contribution < -0.4 is 20.7 Å². The normalized spacial score (nSPS) is 11.1. The predicted octanol–water partition coefficient (Wildman–Crippen LogP) is 9.26. The van der Waals surface area contributed by atoms with Gasteiger partial charge in [0.05, 0.1) is 32.8 Å². The molecule has 0 aliphatic carbocycles. The monoisotopic (exact) mass is 640 g/mol. The molecular weight excluding hydrogens is 609 g/mol. The number of nitrogens with one attached hydrogen (secondary N) is 3. The van der Waals surface area contributed by atoms with Gasteiger partial charge in [0.2, 0.25) is 11.8 Å². The van der Waals surface area contributed by atoms with E-state index in [1.165, 1.54) is 0 Å². The fraction of sp³-hybridized carbons (Fsp3) is 0.139. The molecule has 0 aliphatic rings. The minimum Gasteiger partial charge on any atom is -0.438 e. The van der Waals surface area contributed by atoms with E-state index in [0.29, 0.717) is 29.1 Å². The quantitative estimate of drug-likeness (QED) is 0.136. The van der Waals surface area contributed by atoms with Gasteiger partial charge in [-0.2, -0.15) is 10.1 Å². The Morgan fingerprint density at radius 1 is 0.915 bits per heavy atom. The first-order valence-corrected chi connectivity index (χ1v) is 16.3.